The summed E-state index contributed by atoms with van der Waals surface area (Å²) in [5.74, 6) is -5.96. The number of hydrogen-bond donors (Lipinski definition) is 1. The fourth-order valence-electron chi connectivity index (χ4n) is 3.12. The molecular weight excluding hydrogens is 351 g/mol. The van der Waals surface area contributed by atoms with E-state index in [4.69, 9.17) is 5.11 Å². The fourth-order valence-corrected chi connectivity index (χ4v) is 3.12. The van der Waals surface area contributed by atoms with Crippen molar-refractivity contribution in [1.82, 2.24) is 14.7 Å². The summed E-state index contributed by atoms with van der Waals surface area (Å²) in [7, 11) is 0. The van der Waals surface area contributed by atoms with E-state index in [0.29, 0.717) is 0 Å². The number of alkyl halides is 3. The molecule has 1 aromatic heterocycles. The number of carbonyl (C=O) groups excluding carboxylic acids is 1. The third-order valence-corrected chi connectivity index (χ3v) is 4.54. The smallest absolute Gasteiger partial charge is 0.394 e. The lowest BCUT2D eigenvalue weighted by Gasteiger charge is -2.18. The Morgan fingerprint density at radius 1 is 1.23 bits per heavy atom. The highest BCUT2D eigenvalue weighted by atomic mass is 19.4. The number of likely N-dealkylation sites (tertiary alicyclic amines) is 1. The van der Waals surface area contributed by atoms with Gasteiger partial charge in [-0.15, -0.1) is 0 Å². The van der Waals surface area contributed by atoms with Crippen molar-refractivity contribution in [2.45, 2.75) is 13.1 Å². The van der Waals surface area contributed by atoms with E-state index >= 15 is 0 Å². The molecule has 1 fully saturated rings. The van der Waals surface area contributed by atoms with Gasteiger partial charge in [-0.3, -0.25) is 9.59 Å². The van der Waals surface area contributed by atoms with Crippen LogP contribution in [0.4, 0.5) is 13.2 Å². The average molecular weight is 367 g/mol. The zero-order valence-electron chi connectivity index (χ0n) is 13.8. The lowest BCUT2D eigenvalue weighted by atomic mass is 9.96. The van der Waals surface area contributed by atoms with Crippen molar-refractivity contribution < 1.29 is 27.9 Å². The van der Waals surface area contributed by atoms with Gasteiger partial charge in [0.05, 0.1) is 29.3 Å². The van der Waals surface area contributed by atoms with Gasteiger partial charge >= 0.3 is 12.1 Å². The minimum Gasteiger partial charge on any atom is -0.481 e. The summed E-state index contributed by atoms with van der Waals surface area (Å²) < 4.78 is 40.7. The molecule has 0 saturated carbocycles. The molecule has 1 aliphatic rings. The highest BCUT2D eigenvalue weighted by molar-refractivity contribution is 5.94. The maximum atomic E-state index is 13.1. The van der Waals surface area contributed by atoms with Crippen LogP contribution in [0.25, 0.3) is 5.69 Å². The van der Waals surface area contributed by atoms with Crippen LogP contribution in [-0.2, 0) is 4.79 Å². The highest BCUT2D eigenvalue weighted by Gasteiger charge is 2.53. The first kappa shape index (κ1) is 18.0. The lowest BCUT2D eigenvalue weighted by Crippen LogP contribution is -2.34. The molecule has 1 N–H and O–H groups in total. The molecule has 1 aliphatic heterocycles. The van der Waals surface area contributed by atoms with Gasteiger partial charge in [-0.2, -0.15) is 18.3 Å². The van der Waals surface area contributed by atoms with E-state index in [0.717, 1.165) is 16.2 Å². The van der Waals surface area contributed by atoms with Crippen molar-refractivity contribution in [3.63, 3.8) is 0 Å². The van der Waals surface area contributed by atoms with Crippen LogP contribution < -0.4 is 0 Å². The molecule has 0 aliphatic carbocycles. The van der Waals surface area contributed by atoms with Crippen molar-refractivity contribution in [3.8, 4) is 5.69 Å². The molecule has 138 valence electrons. The summed E-state index contributed by atoms with van der Waals surface area (Å²) in [6.45, 7) is 0.715. The van der Waals surface area contributed by atoms with E-state index in [9.17, 15) is 22.8 Å². The van der Waals surface area contributed by atoms with E-state index < -0.39 is 43.0 Å². The predicted molar refractivity (Wildman–Crippen MR) is 84.9 cm³/mol. The summed E-state index contributed by atoms with van der Waals surface area (Å²) in [6, 6.07) is 7.32. The van der Waals surface area contributed by atoms with Crippen LogP contribution in [0.1, 0.15) is 15.9 Å². The van der Waals surface area contributed by atoms with Gasteiger partial charge in [0.15, 0.2) is 0 Å². The molecule has 1 aromatic carbocycles. The van der Waals surface area contributed by atoms with E-state index in [-0.39, 0.29) is 5.56 Å². The Kier molecular flexibility index (Phi) is 4.47. The number of carboxylic acid groups (broad SMARTS) is 1. The lowest BCUT2D eigenvalue weighted by molar-refractivity contribution is -0.187. The molecular formula is C17H16F3N3O3. The first-order valence-electron chi connectivity index (χ1n) is 7.88. The van der Waals surface area contributed by atoms with Crippen molar-refractivity contribution >= 4 is 11.9 Å². The quantitative estimate of drug-likeness (QED) is 0.905. The van der Waals surface area contributed by atoms with Crippen molar-refractivity contribution in [3.05, 3.63) is 47.8 Å². The van der Waals surface area contributed by atoms with Gasteiger partial charge in [0.2, 0.25) is 0 Å². The van der Waals surface area contributed by atoms with Gasteiger partial charge in [0.1, 0.15) is 0 Å². The first-order valence-corrected chi connectivity index (χ1v) is 7.88. The number of aliphatic carboxylic acids is 1. The molecule has 1 saturated heterocycles. The second-order valence-electron chi connectivity index (χ2n) is 6.26. The van der Waals surface area contributed by atoms with Crippen molar-refractivity contribution in [1.29, 1.82) is 0 Å². The number of amides is 1. The molecule has 2 aromatic rings. The summed E-state index contributed by atoms with van der Waals surface area (Å²) >= 11 is 0. The maximum Gasteiger partial charge on any atom is 0.394 e. The Morgan fingerprint density at radius 3 is 2.50 bits per heavy atom. The zero-order valence-corrected chi connectivity index (χ0v) is 13.8. The molecule has 1 amide bonds. The third kappa shape index (κ3) is 3.29. The highest BCUT2D eigenvalue weighted by Crippen LogP contribution is 2.38. The summed E-state index contributed by atoms with van der Waals surface area (Å²) in [5, 5.41) is 13.1. The van der Waals surface area contributed by atoms with Gasteiger partial charge < -0.3 is 10.0 Å². The molecule has 9 heteroatoms. The predicted octanol–water partition coefficient (Wildman–Crippen LogP) is 2.52. The number of para-hydroxylation sites is 1. The second-order valence-corrected chi connectivity index (χ2v) is 6.26. The van der Waals surface area contributed by atoms with Crippen LogP contribution in [0.3, 0.4) is 0 Å². The van der Waals surface area contributed by atoms with E-state index in [1.54, 1.807) is 12.1 Å². The molecule has 3 rings (SSSR count). The van der Waals surface area contributed by atoms with Crippen molar-refractivity contribution in [2.75, 3.05) is 13.1 Å². The number of halogens is 3. The van der Waals surface area contributed by atoms with Gasteiger partial charge in [0.25, 0.3) is 5.91 Å². The topological polar surface area (TPSA) is 75.4 Å². The average Bonchev–Trinajstić information content (AvgIpc) is 3.22. The number of carbonyl (C=O) groups is 2. The SMILES string of the molecule is Cc1ccccc1-n1cc(C(=O)N2C[C@@H](C(F)(F)F)[C@H](C(=O)O)C2)cn1. The largest absolute Gasteiger partial charge is 0.481 e. The summed E-state index contributed by atoms with van der Waals surface area (Å²) in [5.41, 5.74) is 1.77. The Balaban J connectivity index is 1.82. The maximum absolute atomic E-state index is 13.1. The molecule has 26 heavy (non-hydrogen) atoms. The van der Waals surface area contributed by atoms with Crippen LogP contribution in [0.2, 0.25) is 0 Å². The number of aryl methyl sites for hydroxylation is 1. The van der Waals surface area contributed by atoms with E-state index in [2.05, 4.69) is 5.10 Å². The second kappa shape index (κ2) is 6.47. The molecule has 2 heterocycles. The Morgan fingerprint density at radius 2 is 1.92 bits per heavy atom. The Labute approximate surface area is 146 Å². The standard InChI is InChI=1S/C17H16F3N3O3/c1-10-4-2-3-5-14(10)23-7-11(6-21-23)15(24)22-8-12(16(25)26)13(9-22)17(18,19)20/h2-7,12-13H,8-9H2,1H3,(H,25,26)/t12-,13-/m1/s1. The minimum atomic E-state index is -4.68. The molecule has 0 bridgehead atoms. The van der Waals surface area contributed by atoms with Gasteiger partial charge in [0, 0.05) is 19.3 Å². The van der Waals surface area contributed by atoms with Crippen LogP contribution in [-0.4, -0.2) is 50.9 Å². The van der Waals surface area contributed by atoms with Gasteiger partial charge in [-0.05, 0) is 18.6 Å². The Hall–Kier alpha value is -2.84. The van der Waals surface area contributed by atoms with Crippen LogP contribution in [0.15, 0.2) is 36.7 Å². The molecule has 0 radical (unpaired) electrons. The first-order chi connectivity index (χ1) is 12.2. The normalized spacial score (nSPS) is 20.4. The Bertz CT molecular complexity index is 847. The van der Waals surface area contributed by atoms with Crippen molar-refractivity contribution in [2.24, 2.45) is 11.8 Å². The van der Waals surface area contributed by atoms with Crippen LogP contribution in [0, 0.1) is 18.8 Å². The zero-order chi connectivity index (χ0) is 19.1. The van der Waals surface area contributed by atoms with Gasteiger partial charge in [-0.1, -0.05) is 18.2 Å². The summed E-state index contributed by atoms with van der Waals surface area (Å²) in [6.07, 6.45) is -1.98. The number of carboxylic acids is 1. The third-order valence-electron chi connectivity index (χ3n) is 4.54. The molecule has 6 nitrogen and oxygen atoms in total. The van der Waals surface area contributed by atoms with Gasteiger partial charge in [-0.25, -0.2) is 4.68 Å². The number of hydrogen-bond acceptors (Lipinski definition) is 3. The molecule has 0 unspecified atom stereocenters. The number of nitrogens with zero attached hydrogens (tertiary/aromatic N) is 3. The monoisotopic (exact) mass is 367 g/mol. The fraction of sp³-hybridized carbons (Fsp3) is 0.353. The number of rotatable bonds is 3. The van der Waals surface area contributed by atoms with Crippen LogP contribution >= 0.6 is 0 Å². The molecule has 0 spiro atoms. The minimum absolute atomic E-state index is 0.111. The number of benzene rings is 1. The van der Waals surface area contributed by atoms with E-state index in [1.165, 1.54) is 17.1 Å². The summed E-state index contributed by atoms with van der Waals surface area (Å²) in [4.78, 5) is 24.6. The van der Waals surface area contributed by atoms with E-state index in [1.807, 2.05) is 19.1 Å². The van der Waals surface area contributed by atoms with Crippen LogP contribution in [0.5, 0.6) is 0 Å². The molecule has 2 atom stereocenters. The number of aromatic nitrogens is 2.